The third-order valence-corrected chi connectivity index (χ3v) is 11.9. The molecule has 0 radical (unpaired) electrons. The van der Waals surface area contributed by atoms with Gasteiger partial charge in [0.2, 0.25) is 0 Å². The molecule has 0 unspecified atom stereocenters. The average Bonchev–Trinajstić information content (AvgIpc) is 3.61. The molecule has 0 saturated heterocycles. The van der Waals surface area contributed by atoms with Crippen LogP contribution >= 0.6 is 0 Å². The summed E-state index contributed by atoms with van der Waals surface area (Å²) in [5.41, 5.74) is 12.5. The van der Waals surface area contributed by atoms with Gasteiger partial charge >= 0.3 is 0 Å². The van der Waals surface area contributed by atoms with Crippen molar-refractivity contribution in [1.82, 2.24) is 4.98 Å². The fourth-order valence-electron chi connectivity index (χ4n) is 8.98. The van der Waals surface area contributed by atoms with Crippen LogP contribution in [-0.4, -0.2) is 11.7 Å². The highest BCUT2D eigenvalue weighted by Gasteiger charge is 2.31. The molecule has 0 atom stereocenters. The first kappa shape index (κ1) is 34.8. The average molecular weight is 763 g/mol. The lowest BCUT2D eigenvalue weighted by molar-refractivity contribution is 0.483. The molecule has 11 rings (SSSR count). The molecule has 0 saturated carbocycles. The Hall–Kier alpha value is -7.37. The van der Waals surface area contributed by atoms with Gasteiger partial charge in [0.05, 0.1) is 28.4 Å². The van der Waals surface area contributed by atoms with Crippen molar-refractivity contribution in [3.8, 4) is 33.8 Å². The molecule has 0 spiro atoms. The fraction of sp³-hybridized carbons (Fsp3) is 0.0926. The lowest BCUT2D eigenvalue weighted by Gasteiger charge is -2.28. The Morgan fingerprint density at radius 1 is 0.475 bits per heavy atom. The number of nitrogens with zero attached hydrogens (tertiary/aromatic N) is 4. The van der Waals surface area contributed by atoms with E-state index in [1.807, 2.05) is 12.3 Å². The van der Waals surface area contributed by atoms with Crippen LogP contribution < -0.4 is 19.4 Å². The summed E-state index contributed by atoms with van der Waals surface area (Å²) in [7, 11) is 0. The van der Waals surface area contributed by atoms with Gasteiger partial charge in [0.15, 0.2) is 0 Å². The van der Waals surface area contributed by atoms with Gasteiger partial charge in [0.25, 0.3) is 0 Å². The molecular weight excluding hydrogens is 721 g/mol. The molecule has 0 fully saturated rings. The second-order valence-electron chi connectivity index (χ2n) is 16.5. The molecule has 5 heteroatoms. The zero-order valence-corrected chi connectivity index (χ0v) is 33.3. The van der Waals surface area contributed by atoms with Gasteiger partial charge in [-0.25, -0.2) is 4.98 Å². The van der Waals surface area contributed by atoms with E-state index in [4.69, 9.17) is 9.72 Å². The molecule has 9 aromatic rings. The van der Waals surface area contributed by atoms with E-state index in [-0.39, 0.29) is 5.41 Å². The molecule has 8 aromatic carbocycles. The molecule has 0 amide bonds. The monoisotopic (exact) mass is 762 g/mol. The molecule has 0 bridgehead atoms. The SMILES string of the molecule is CC(C)(C)c1ccnc(N2c3ccccc3-c3ccccc3-c3ccc(Oc4cccc(N5CN(c6cccc7ccc8ccccc8c67)c6ccccc65)c4)cc32)c1. The number of hydrogen-bond acceptors (Lipinski definition) is 5. The van der Waals surface area contributed by atoms with Crippen LogP contribution in [0.15, 0.2) is 188 Å². The summed E-state index contributed by atoms with van der Waals surface area (Å²) in [5, 5.41) is 5.00. The standard InChI is InChI=1S/C54H42N4O/c1-54(2,3)38-30-31-55-52(32-38)58-47-22-9-8-21-45(47)43-19-6-7-20-44(43)46-29-28-41(34-51(46)58)59-40-17-13-16-39(33-40)56-35-57(49-24-11-10-23-48(49)56)50-25-12-15-37-27-26-36-14-4-5-18-42(36)53(37)50/h4-34H,35H2,1-3H3. The summed E-state index contributed by atoms with van der Waals surface area (Å²) in [6.45, 7) is 7.40. The Morgan fingerprint density at radius 2 is 1.10 bits per heavy atom. The highest BCUT2D eigenvalue weighted by molar-refractivity contribution is 6.15. The summed E-state index contributed by atoms with van der Waals surface area (Å²) in [4.78, 5) is 12.1. The van der Waals surface area contributed by atoms with Crippen LogP contribution in [0.1, 0.15) is 26.3 Å². The number of rotatable bonds is 5. The maximum atomic E-state index is 6.84. The molecule has 0 N–H and O–H groups in total. The zero-order valence-electron chi connectivity index (χ0n) is 33.3. The Balaban J connectivity index is 0.988. The number of hydrogen-bond donors (Lipinski definition) is 0. The summed E-state index contributed by atoms with van der Waals surface area (Å²) >= 11 is 0. The number of benzene rings is 8. The summed E-state index contributed by atoms with van der Waals surface area (Å²) < 4.78 is 6.84. The van der Waals surface area contributed by atoms with E-state index in [9.17, 15) is 0 Å². The van der Waals surface area contributed by atoms with Crippen LogP contribution in [-0.2, 0) is 5.41 Å². The van der Waals surface area contributed by atoms with Gasteiger partial charge in [-0.15, -0.1) is 0 Å². The first-order chi connectivity index (χ1) is 28.9. The van der Waals surface area contributed by atoms with E-state index in [1.54, 1.807) is 0 Å². The number of pyridine rings is 1. The highest BCUT2D eigenvalue weighted by Crippen LogP contribution is 2.52. The zero-order chi connectivity index (χ0) is 39.7. The van der Waals surface area contributed by atoms with Crippen molar-refractivity contribution in [3.05, 3.63) is 194 Å². The lowest BCUT2D eigenvalue weighted by Crippen LogP contribution is -2.24. The van der Waals surface area contributed by atoms with E-state index >= 15 is 0 Å². The number of para-hydroxylation sites is 3. The predicted molar refractivity (Wildman–Crippen MR) is 246 cm³/mol. The molecule has 59 heavy (non-hydrogen) atoms. The van der Waals surface area contributed by atoms with Crippen molar-refractivity contribution in [1.29, 1.82) is 0 Å². The van der Waals surface area contributed by atoms with Crippen LogP contribution in [0.25, 0.3) is 43.8 Å². The van der Waals surface area contributed by atoms with E-state index in [1.165, 1.54) is 49.6 Å². The van der Waals surface area contributed by atoms with Crippen molar-refractivity contribution in [2.75, 3.05) is 21.4 Å². The quantitative estimate of drug-likeness (QED) is 0.163. The van der Waals surface area contributed by atoms with Crippen LogP contribution in [0.4, 0.5) is 39.9 Å². The first-order valence-electron chi connectivity index (χ1n) is 20.3. The smallest absolute Gasteiger partial charge is 0.137 e. The van der Waals surface area contributed by atoms with Gasteiger partial charge in [-0.1, -0.05) is 130 Å². The minimum Gasteiger partial charge on any atom is -0.457 e. The normalized spacial score (nSPS) is 13.2. The van der Waals surface area contributed by atoms with Gasteiger partial charge in [-0.3, -0.25) is 4.90 Å². The minimum absolute atomic E-state index is 0.0407. The van der Waals surface area contributed by atoms with Gasteiger partial charge in [-0.05, 0) is 98.9 Å². The Morgan fingerprint density at radius 3 is 1.92 bits per heavy atom. The molecule has 5 nitrogen and oxygen atoms in total. The molecule has 1 aromatic heterocycles. The molecule has 284 valence electrons. The van der Waals surface area contributed by atoms with Crippen molar-refractivity contribution in [2.45, 2.75) is 26.2 Å². The number of aromatic nitrogens is 1. The Kier molecular flexibility index (Phi) is 8.05. The molecule has 3 heterocycles. The minimum atomic E-state index is -0.0407. The number of fused-ring (bicyclic) bond motifs is 9. The van der Waals surface area contributed by atoms with E-state index in [2.05, 4.69) is 211 Å². The molecule has 2 aliphatic rings. The first-order valence-corrected chi connectivity index (χ1v) is 20.3. The highest BCUT2D eigenvalue weighted by atomic mass is 16.5. The van der Waals surface area contributed by atoms with Crippen molar-refractivity contribution in [2.24, 2.45) is 0 Å². The summed E-state index contributed by atoms with van der Waals surface area (Å²) in [5.74, 6) is 2.39. The van der Waals surface area contributed by atoms with Gasteiger partial charge < -0.3 is 14.5 Å². The van der Waals surface area contributed by atoms with Gasteiger partial charge in [0.1, 0.15) is 24.0 Å². The Labute approximate surface area is 345 Å². The third-order valence-electron chi connectivity index (χ3n) is 11.9. The van der Waals surface area contributed by atoms with E-state index < -0.39 is 0 Å². The number of anilines is 7. The summed E-state index contributed by atoms with van der Waals surface area (Å²) in [6.07, 6.45) is 1.93. The topological polar surface area (TPSA) is 31.8 Å². The Bertz CT molecular complexity index is 3090. The third kappa shape index (κ3) is 5.89. The van der Waals surface area contributed by atoms with Crippen LogP contribution in [0, 0.1) is 0 Å². The van der Waals surface area contributed by atoms with Crippen molar-refractivity contribution < 1.29 is 4.74 Å². The molecular formula is C54H42N4O. The van der Waals surface area contributed by atoms with Crippen LogP contribution in [0.2, 0.25) is 0 Å². The van der Waals surface area contributed by atoms with Crippen LogP contribution in [0.5, 0.6) is 11.5 Å². The van der Waals surface area contributed by atoms with E-state index in [0.29, 0.717) is 6.67 Å². The second-order valence-corrected chi connectivity index (χ2v) is 16.5. The lowest BCUT2D eigenvalue weighted by atomic mass is 9.87. The maximum Gasteiger partial charge on any atom is 0.137 e. The van der Waals surface area contributed by atoms with Gasteiger partial charge in [-0.2, -0.15) is 0 Å². The largest absolute Gasteiger partial charge is 0.457 e. The molecule has 0 aliphatic carbocycles. The van der Waals surface area contributed by atoms with Crippen molar-refractivity contribution >= 4 is 61.5 Å². The maximum absolute atomic E-state index is 6.84. The summed E-state index contributed by atoms with van der Waals surface area (Å²) in [6, 6.07) is 65.0. The van der Waals surface area contributed by atoms with Crippen molar-refractivity contribution in [3.63, 3.8) is 0 Å². The molecule has 2 aliphatic heterocycles. The van der Waals surface area contributed by atoms with Gasteiger partial charge in [0, 0.05) is 40.5 Å². The van der Waals surface area contributed by atoms with E-state index in [0.717, 1.165) is 51.2 Å². The fourth-order valence-corrected chi connectivity index (χ4v) is 8.98. The van der Waals surface area contributed by atoms with Crippen LogP contribution in [0.3, 0.4) is 0 Å². The second kappa shape index (κ2) is 13.6. The number of ether oxygens (including phenoxy) is 1. The predicted octanol–water partition coefficient (Wildman–Crippen LogP) is 14.8.